The Kier molecular flexibility index (Phi) is 7.37. The molecule has 0 aliphatic carbocycles. The van der Waals surface area contributed by atoms with Crippen molar-refractivity contribution in [1.29, 1.82) is 0 Å². The van der Waals surface area contributed by atoms with Gasteiger partial charge in [0.2, 0.25) is 15.9 Å². The first-order chi connectivity index (χ1) is 13.7. The highest BCUT2D eigenvalue weighted by Gasteiger charge is 2.25. The summed E-state index contributed by atoms with van der Waals surface area (Å²) in [5, 5.41) is 9.71. The second-order valence-corrected chi connectivity index (χ2v) is 10.3. The largest absolute Gasteiger partial charge is 0.312 e. The summed E-state index contributed by atoms with van der Waals surface area (Å²) in [5.74, 6) is 0.195. The Balaban J connectivity index is 0.000000177. The van der Waals surface area contributed by atoms with Crippen LogP contribution in [-0.4, -0.2) is 27.4 Å². The van der Waals surface area contributed by atoms with Crippen LogP contribution in [0, 0.1) is 0 Å². The fraction of sp³-hybridized carbons (Fsp3) is 0.316. The Morgan fingerprint density at radius 3 is 2.59 bits per heavy atom. The van der Waals surface area contributed by atoms with Crippen molar-refractivity contribution in [2.24, 2.45) is 5.14 Å². The van der Waals surface area contributed by atoms with E-state index < -0.39 is 10.0 Å². The number of nitrogens with one attached hydrogen (secondary N) is 1. The number of nitrogens with two attached hydrogens (primary N) is 1. The molecule has 2 aliphatic heterocycles. The number of carbonyl (C=O) groups excluding carboxylic acids is 1. The van der Waals surface area contributed by atoms with Gasteiger partial charge in [0.25, 0.3) is 0 Å². The minimum atomic E-state index is -3.53. The smallest absolute Gasteiger partial charge is 0.231 e. The van der Waals surface area contributed by atoms with Crippen LogP contribution < -0.4 is 15.4 Å². The summed E-state index contributed by atoms with van der Waals surface area (Å²) < 4.78 is 21.6. The van der Waals surface area contributed by atoms with E-state index in [1.54, 1.807) is 12.1 Å². The number of anilines is 1. The SMILES string of the molecule is NS(=O)(=O)/C=C/c1ccc(Cl)s1.O=C1CCCN1c1cc2c(cc1Cl)CNCC2. The molecule has 156 valence electrons. The first-order valence-electron chi connectivity index (χ1n) is 9.01. The number of primary sulfonamides is 1. The molecule has 1 fully saturated rings. The third-order valence-electron chi connectivity index (χ3n) is 4.54. The number of benzene rings is 1. The van der Waals surface area contributed by atoms with Gasteiger partial charge in [0.05, 0.1) is 15.0 Å². The van der Waals surface area contributed by atoms with Crippen LogP contribution in [0.1, 0.15) is 28.8 Å². The maximum absolute atomic E-state index is 11.7. The van der Waals surface area contributed by atoms with E-state index >= 15 is 0 Å². The van der Waals surface area contributed by atoms with Crippen LogP contribution in [0.4, 0.5) is 5.69 Å². The van der Waals surface area contributed by atoms with E-state index in [1.807, 2.05) is 11.0 Å². The van der Waals surface area contributed by atoms with Crippen LogP contribution in [0.15, 0.2) is 29.7 Å². The lowest BCUT2D eigenvalue weighted by Crippen LogP contribution is -2.27. The number of hydrogen-bond donors (Lipinski definition) is 2. The highest BCUT2D eigenvalue weighted by molar-refractivity contribution is 7.92. The fourth-order valence-corrected chi connectivity index (χ4v) is 4.85. The van der Waals surface area contributed by atoms with Crippen molar-refractivity contribution in [1.82, 2.24) is 5.32 Å². The lowest BCUT2D eigenvalue weighted by molar-refractivity contribution is -0.117. The van der Waals surface area contributed by atoms with E-state index in [1.165, 1.54) is 28.5 Å². The number of thiophene rings is 1. The maximum Gasteiger partial charge on any atom is 0.231 e. The molecule has 0 saturated carbocycles. The van der Waals surface area contributed by atoms with Crippen molar-refractivity contribution in [3.8, 4) is 0 Å². The molecule has 6 nitrogen and oxygen atoms in total. The fourth-order valence-electron chi connectivity index (χ4n) is 3.18. The number of nitrogens with zero attached hydrogens (tertiary/aromatic N) is 1. The molecule has 1 aromatic heterocycles. The van der Waals surface area contributed by atoms with Crippen molar-refractivity contribution >= 4 is 62.2 Å². The zero-order valence-corrected chi connectivity index (χ0v) is 18.7. The van der Waals surface area contributed by atoms with Gasteiger partial charge in [-0.3, -0.25) is 4.79 Å². The van der Waals surface area contributed by atoms with Crippen LogP contribution in [-0.2, 0) is 27.8 Å². The van der Waals surface area contributed by atoms with Gasteiger partial charge in [-0.1, -0.05) is 23.2 Å². The summed E-state index contributed by atoms with van der Waals surface area (Å²) in [6.07, 6.45) is 4.01. The molecule has 2 aliphatic rings. The molecule has 0 spiro atoms. The molecule has 2 aromatic rings. The van der Waals surface area contributed by atoms with Crippen molar-refractivity contribution in [2.75, 3.05) is 18.0 Å². The Labute approximate surface area is 184 Å². The number of amides is 1. The predicted molar refractivity (Wildman–Crippen MR) is 120 cm³/mol. The first-order valence-corrected chi connectivity index (χ1v) is 12.2. The number of rotatable bonds is 3. The molecule has 3 heterocycles. The molecular weight excluding hydrogens is 453 g/mol. The molecule has 0 atom stereocenters. The molecule has 4 rings (SSSR count). The van der Waals surface area contributed by atoms with Gasteiger partial charge in [0.1, 0.15) is 0 Å². The summed E-state index contributed by atoms with van der Waals surface area (Å²) in [7, 11) is -3.53. The van der Waals surface area contributed by atoms with Gasteiger partial charge in [-0.05, 0) is 60.9 Å². The summed E-state index contributed by atoms with van der Waals surface area (Å²) in [6, 6.07) is 7.51. The van der Waals surface area contributed by atoms with Crippen LogP contribution in [0.3, 0.4) is 0 Å². The Morgan fingerprint density at radius 2 is 1.97 bits per heavy atom. The number of hydrogen-bond acceptors (Lipinski definition) is 5. The topological polar surface area (TPSA) is 92.5 Å². The summed E-state index contributed by atoms with van der Waals surface area (Å²) in [5.41, 5.74) is 3.48. The molecule has 0 unspecified atom stereocenters. The number of sulfonamides is 1. The molecule has 1 aromatic carbocycles. The van der Waals surface area contributed by atoms with E-state index in [-0.39, 0.29) is 5.91 Å². The van der Waals surface area contributed by atoms with E-state index in [9.17, 15) is 13.2 Å². The second-order valence-electron chi connectivity index (χ2n) is 6.68. The molecule has 1 saturated heterocycles. The highest BCUT2D eigenvalue weighted by Crippen LogP contribution is 2.33. The third kappa shape index (κ3) is 6.28. The number of carbonyl (C=O) groups is 1. The molecule has 10 heteroatoms. The zero-order chi connectivity index (χ0) is 21.0. The zero-order valence-electron chi connectivity index (χ0n) is 15.5. The van der Waals surface area contributed by atoms with Gasteiger partial charge in [-0.2, -0.15) is 0 Å². The Bertz CT molecular complexity index is 1040. The Morgan fingerprint density at radius 1 is 1.17 bits per heavy atom. The standard InChI is InChI=1S/C13H15ClN2O.C6H6ClNO2S2/c14-11-6-10-8-15-4-3-9(10)7-12(11)16-5-1-2-13(16)17;7-6-2-1-5(11-6)3-4-12(8,9)10/h6-7,15H,1-5,8H2;1-4H,(H2,8,9,10)/b;4-3+. The van der Waals surface area contributed by atoms with Crippen molar-refractivity contribution in [3.05, 3.63) is 55.0 Å². The Hall–Kier alpha value is -1.42. The quantitative estimate of drug-likeness (QED) is 0.709. The summed E-state index contributed by atoms with van der Waals surface area (Å²) in [4.78, 5) is 14.3. The number of halogens is 2. The minimum Gasteiger partial charge on any atom is -0.312 e. The molecule has 29 heavy (non-hydrogen) atoms. The molecule has 0 radical (unpaired) electrons. The van der Waals surface area contributed by atoms with Crippen molar-refractivity contribution < 1.29 is 13.2 Å². The van der Waals surface area contributed by atoms with E-state index in [2.05, 4.69) is 11.4 Å². The summed E-state index contributed by atoms with van der Waals surface area (Å²) >= 11 is 13.2. The van der Waals surface area contributed by atoms with E-state index in [0.29, 0.717) is 15.8 Å². The molecular formula is C19H21Cl2N3O3S2. The molecule has 3 N–H and O–H groups in total. The normalized spacial score (nSPS) is 16.7. The van der Waals surface area contributed by atoms with Gasteiger partial charge >= 0.3 is 0 Å². The average molecular weight is 474 g/mol. The van der Waals surface area contributed by atoms with Crippen molar-refractivity contribution in [3.63, 3.8) is 0 Å². The van der Waals surface area contributed by atoms with E-state index in [0.717, 1.165) is 48.4 Å². The lowest BCUT2D eigenvalue weighted by Gasteiger charge is -2.23. The minimum absolute atomic E-state index is 0.195. The highest BCUT2D eigenvalue weighted by atomic mass is 35.5. The van der Waals surface area contributed by atoms with Gasteiger partial charge in [0.15, 0.2) is 0 Å². The van der Waals surface area contributed by atoms with Gasteiger partial charge in [-0.25, -0.2) is 13.6 Å². The van der Waals surface area contributed by atoms with Gasteiger partial charge in [0, 0.05) is 29.8 Å². The van der Waals surface area contributed by atoms with Crippen LogP contribution >= 0.6 is 34.5 Å². The summed E-state index contributed by atoms with van der Waals surface area (Å²) in [6.45, 7) is 2.68. The van der Waals surface area contributed by atoms with Crippen LogP contribution in [0.5, 0.6) is 0 Å². The van der Waals surface area contributed by atoms with Crippen LogP contribution in [0.25, 0.3) is 6.08 Å². The van der Waals surface area contributed by atoms with Crippen LogP contribution in [0.2, 0.25) is 9.36 Å². The monoisotopic (exact) mass is 473 g/mol. The predicted octanol–water partition coefficient (Wildman–Crippen LogP) is 3.77. The average Bonchev–Trinajstić information content (AvgIpc) is 3.27. The number of fused-ring (bicyclic) bond motifs is 1. The second kappa shape index (κ2) is 9.59. The maximum atomic E-state index is 11.7. The third-order valence-corrected chi connectivity index (χ3v) is 6.55. The first kappa shape index (κ1) is 22.3. The molecule has 0 bridgehead atoms. The lowest BCUT2D eigenvalue weighted by atomic mass is 10.00. The molecule has 1 amide bonds. The van der Waals surface area contributed by atoms with Crippen molar-refractivity contribution in [2.45, 2.75) is 25.8 Å². The van der Waals surface area contributed by atoms with Gasteiger partial charge in [-0.15, -0.1) is 11.3 Å². The van der Waals surface area contributed by atoms with Gasteiger partial charge < -0.3 is 10.2 Å². The van der Waals surface area contributed by atoms with E-state index in [4.69, 9.17) is 28.3 Å².